The molecule has 1 atom stereocenters. The summed E-state index contributed by atoms with van der Waals surface area (Å²) in [5.74, 6) is 0.283. The summed E-state index contributed by atoms with van der Waals surface area (Å²) < 4.78 is 28.9. The third-order valence-corrected chi connectivity index (χ3v) is 4.47. The molecule has 1 rings (SSSR count). The number of hydrogen-bond acceptors (Lipinski definition) is 5. The topological polar surface area (TPSA) is 93.2 Å². The molecule has 0 saturated carbocycles. The van der Waals surface area contributed by atoms with Crippen LogP contribution in [0.25, 0.3) is 0 Å². The predicted octanol–water partition coefficient (Wildman–Crippen LogP) is 1.22. The fourth-order valence-corrected chi connectivity index (χ4v) is 3.38. The van der Waals surface area contributed by atoms with E-state index in [4.69, 9.17) is 15.7 Å². The Bertz CT molecular complexity index is 576. The average Bonchev–Trinajstić information content (AvgIpc) is 2.37. The van der Waals surface area contributed by atoms with E-state index in [0.717, 1.165) is 0 Å². The van der Waals surface area contributed by atoms with Crippen LogP contribution < -0.4 is 10.5 Å². The first-order chi connectivity index (χ1) is 8.91. The van der Waals surface area contributed by atoms with Crippen LogP contribution in [-0.4, -0.2) is 27.3 Å². The molecular formula is C13H18N2O3S. The van der Waals surface area contributed by atoms with Crippen LogP contribution in [0.15, 0.2) is 18.2 Å². The Hall–Kier alpha value is -1.58. The molecule has 0 bridgehead atoms. The van der Waals surface area contributed by atoms with Gasteiger partial charge in [0.15, 0.2) is 9.84 Å². The largest absolute Gasteiger partial charge is 0.495 e. The fraction of sp³-hybridized carbons (Fsp3) is 0.462. The van der Waals surface area contributed by atoms with Gasteiger partial charge in [-0.2, -0.15) is 5.26 Å². The van der Waals surface area contributed by atoms with Crippen molar-refractivity contribution < 1.29 is 13.2 Å². The number of benzene rings is 1. The van der Waals surface area contributed by atoms with Gasteiger partial charge in [0.1, 0.15) is 11.8 Å². The Kier molecular flexibility index (Phi) is 5.33. The van der Waals surface area contributed by atoms with Crippen molar-refractivity contribution in [3.8, 4) is 11.8 Å². The lowest BCUT2D eigenvalue weighted by Gasteiger charge is -2.10. The molecule has 0 aliphatic rings. The van der Waals surface area contributed by atoms with Crippen LogP contribution in [0.5, 0.6) is 5.75 Å². The molecule has 1 aromatic rings. The minimum absolute atomic E-state index is 0.0442. The van der Waals surface area contributed by atoms with Gasteiger partial charge < -0.3 is 10.5 Å². The van der Waals surface area contributed by atoms with Crippen molar-refractivity contribution in [2.24, 2.45) is 5.73 Å². The highest BCUT2D eigenvalue weighted by atomic mass is 32.2. The lowest BCUT2D eigenvalue weighted by Crippen LogP contribution is -2.29. The first kappa shape index (κ1) is 15.5. The number of nitriles is 1. The van der Waals surface area contributed by atoms with Gasteiger partial charge in [-0.3, -0.25) is 0 Å². The molecule has 0 aliphatic carbocycles. The van der Waals surface area contributed by atoms with Crippen LogP contribution in [0.2, 0.25) is 0 Å². The first-order valence-corrected chi connectivity index (χ1v) is 7.77. The summed E-state index contributed by atoms with van der Waals surface area (Å²) in [5.41, 5.74) is 6.56. The highest BCUT2D eigenvalue weighted by Crippen LogP contribution is 2.20. The molecule has 0 fully saturated rings. The van der Waals surface area contributed by atoms with Gasteiger partial charge in [0.25, 0.3) is 0 Å². The molecule has 0 amide bonds. The van der Waals surface area contributed by atoms with Crippen LogP contribution in [0.3, 0.4) is 0 Å². The third kappa shape index (κ3) is 4.54. The molecule has 0 heterocycles. The van der Waals surface area contributed by atoms with Gasteiger partial charge in [-0.05, 0) is 24.1 Å². The van der Waals surface area contributed by atoms with Crippen molar-refractivity contribution in [3.63, 3.8) is 0 Å². The van der Waals surface area contributed by atoms with E-state index in [-0.39, 0.29) is 17.5 Å². The first-order valence-electron chi connectivity index (χ1n) is 5.95. The lowest BCUT2D eigenvalue weighted by atomic mass is 10.1. The molecule has 1 aromatic carbocycles. The molecule has 6 heteroatoms. The van der Waals surface area contributed by atoms with Gasteiger partial charge in [-0.15, -0.1) is 0 Å². The Balaban J connectivity index is 2.92. The quantitative estimate of drug-likeness (QED) is 0.846. The minimum atomic E-state index is -3.27. The van der Waals surface area contributed by atoms with Crippen molar-refractivity contribution in [2.75, 3.05) is 12.9 Å². The number of rotatable bonds is 6. The zero-order valence-electron chi connectivity index (χ0n) is 11.1. The second kappa shape index (κ2) is 6.55. The summed E-state index contributed by atoms with van der Waals surface area (Å²) in [5, 5.41) is 8.96. The second-order valence-electron chi connectivity index (χ2n) is 4.37. The molecule has 0 saturated heterocycles. The van der Waals surface area contributed by atoms with Crippen LogP contribution >= 0.6 is 0 Å². The number of nitrogens with two attached hydrogens (primary N) is 1. The normalized spacial score (nSPS) is 12.7. The summed E-state index contributed by atoms with van der Waals surface area (Å²) in [6, 6.07) is 6.42. The smallest absolute Gasteiger partial charge is 0.155 e. The molecule has 0 radical (unpaired) electrons. The monoisotopic (exact) mass is 282 g/mol. The van der Waals surface area contributed by atoms with E-state index in [1.54, 1.807) is 12.1 Å². The number of nitrogens with zero attached hydrogens (tertiary/aromatic N) is 1. The second-order valence-corrected chi connectivity index (χ2v) is 6.48. The molecule has 0 spiro atoms. The highest BCUT2D eigenvalue weighted by Gasteiger charge is 2.17. The van der Waals surface area contributed by atoms with Crippen LogP contribution in [0, 0.1) is 11.3 Å². The van der Waals surface area contributed by atoms with Gasteiger partial charge in [0, 0.05) is 6.04 Å². The summed E-state index contributed by atoms with van der Waals surface area (Å²) >= 11 is 0. The Morgan fingerprint density at radius 2 is 2.16 bits per heavy atom. The summed E-state index contributed by atoms with van der Waals surface area (Å²) in [4.78, 5) is 0. The standard InChI is InChI=1S/C13H18N2O3S/c1-3-12(15)9-19(16,17)8-10-4-5-13(18-2)11(6-10)7-14/h4-6,12H,3,8-9,15H2,1-2H3. The maximum absolute atomic E-state index is 11.9. The fourth-order valence-electron chi connectivity index (χ4n) is 1.69. The highest BCUT2D eigenvalue weighted by molar-refractivity contribution is 7.90. The van der Waals surface area contributed by atoms with Gasteiger partial charge in [0.05, 0.1) is 24.2 Å². The van der Waals surface area contributed by atoms with Crippen molar-refractivity contribution in [1.29, 1.82) is 5.26 Å². The molecule has 0 aliphatic heterocycles. The SMILES string of the molecule is CCC(N)CS(=O)(=O)Cc1ccc(OC)c(C#N)c1. The van der Waals surface area contributed by atoms with Crippen molar-refractivity contribution in [1.82, 2.24) is 0 Å². The maximum atomic E-state index is 11.9. The van der Waals surface area contributed by atoms with Gasteiger partial charge in [-0.1, -0.05) is 13.0 Å². The van der Waals surface area contributed by atoms with Crippen LogP contribution in [0.4, 0.5) is 0 Å². The average molecular weight is 282 g/mol. The zero-order chi connectivity index (χ0) is 14.5. The van der Waals surface area contributed by atoms with Crippen molar-refractivity contribution >= 4 is 9.84 Å². The summed E-state index contributed by atoms with van der Waals surface area (Å²) in [6.45, 7) is 1.85. The lowest BCUT2D eigenvalue weighted by molar-refractivity contribution is 0.413. The van der Waals surface area contributed by atoms with Crippen LogP contribution in [-0.2, 0) is 15.6 Å². The maximum Gasteiger partial charge on any atom is 0.155 e. The Morgan fingerprint density at radius 3 is 2.68 bits per heavy atom. The van der Waals surface area contributed by atoms with E-state index in [1.165, 1.54) is 13.2 Å². The molecule has 2 N–H and O–H groups in total. The predicted molar refractivity (Wildman–Crippen MR) is 73.5 cm³/mol. The van der Waals surface area contributed by atoms with E-state index in [1.807, 2.05) is 13.0 Å². The molecule has 5 nitrogen and oxygen atoms in total. The van der Waals surface area contributed by atoms with E-state index < -0.39 is 9.84 Å². The van der Waals surface area contributed by atoms with E-state index in [2.05, 4.69) is 0 Å². The third-order valence-electron chi connectivity index (χ3n) is 2.76. The van der Waals surface area contributed by atoms with Crippen molar-refractivity contribution in [3.05, 3.63) is 29.3 Å². The summed E-state index contributed by atoms with van der Waals surface area (Å²) in [7, 11) is -1.80. The Labute approximate surface area is 113 Å². The molecular weight excluding hydrogens is 264 g/mol. The van der Waals surface area contributed by atoms with Gasteiger partial charge in [0.2, 0.25) is 0 Å². The van der Waals surface area contributed by atoms with Crippen LogP contribution in [0.1, 0.15) is 24.5 Å². The molecule has 104 valence electrons. The number of hydrogen-bond donors (Lipinski definition) is 1. The Morgan fingerprint density at radius 1 is 1.47 bits per heavy atom. The number of sulfone groups is 1. The van der Waals surface area contributed by atoms with E-state index >= 15 is 0 Å². The number of ether oxygens (including phenoxy) is 1. The zero-order valence-corrected chi connectivity index (χ0v) is 11.9. The summed E-state index contributed by atoms with van der Waals surface area (Å²) in [6.07, 6.45) is 0.616. The number of methoxy groups -OCH3 is 1. The van der Waals surface area contributed by atoms with Crippen molar-refractivity contribution in [2.45, 2.75) is 25.1 Å². The van der Waals surface area contributed by atoms with Gasteiger partial charge >= 0.3 is 0 Å². The van der Waals surface area contributed by atoms with E-state index in [0.29, 0.717) is 23.3 Å². The van der Waals surface area contributed by atoms with Gasteiger partial charge in [-0.25, -0.2) is 8.42 Å². The molecule has 19 heavy (non-hydrogen) atoms. The van der Waals surface area contributed by atoms with E-state index in [9.17, 15) is 8.42 Å². The molecule has 1 unspecified atom stereocenters. The minimum Gasteiger partial charge on any atom is -0.495 e. The molecule has 0 aromatic heterocycles.